The zero-order valence-corrected chi connectivity index (χ0v) is 11.6. The fourth-order valence-corrected chi connectivity index (χ4v) is 2.67. The van der Waals surface area contributed by atoms with Crippen molar-refractivity contribution in [2.24, 2.45) is 0 Å². The summed E-state index contributed by atoms with van der Waals surface area (Å²) in [6.07, 6.45) is 0. The predicted octanol–water partition coefficient (Wildman–Crippen LogP) is 3.35. The molecule has 0 radical (unpaired) electrons. The van der Waals surface area contributed by atoms with E-state index in [0.717, 1.165) is 39.4 Å². The van der Waals surface area contributed by atoms with Crippen LogP contribution >= 0.6 is 0 Å². The van der Waals surface area contributed by atoms with Crippen molar-refractivity contribution in [1.29, 1.82) is 0 Å². The van der Waals surface area contributed by atoms with E-state index < -0.39 is 0 Å². The van der Waals surface area contributed by atoms with E-state index in [-0.39, 0.29) is 0 Å². The number of fused-ring (bicyclic) bond motifs is 1. The van der Waals surface area contributed by atoms with E-state index in [0.29, 0.717) is 0 Å². The number of aromatic amines is 3. The van der Waals surface area contributed by atoms with Gasteiger partial charge in [0.15, 0.2) is 11.0 Å². The highest BCUT2D eigenvalue weighted by Crippen LogP contribution is 2.30. The maximum absolute atomic E-state index is 4.47. The van der Waals surface area contributed by atoms with Gasteiger partial charge in [-0.05, 0) is 19.1 Å². The number of aromatic nitrogens is 4. The number of nitrogens with zero attached hydrogens (tertiary/aromatic N) is 1. The summed E-state index contributed by atoms with van der Waals surface area (Å²) in [5.74, 6) is 0.973. The van der Waals surface area contributed by atoms with Crippen LogP contribution in [0.4, 0.5) is 0 Å². The summed E-state index contributed by atoms with van der Waals surface area (Å²) in [7, 11) is 0. The third kappa shape index (κ3) is 1.92. The number of para-hydroxylation sites is 2. The minimum Gasteiger partial charge on any atom is -0.281 e. The molecule has 0 unspecified atom stereocenters. The van der Waals surface area contributed by atoms with Crippen LogP contribution in [0.25, 0.3) is 33.7 Å². The molecule has 0 bridgehead atoms. The number of H-pyrrole nitrogens is 3. The first kappa shape index (κ1) is 11.9. The van der Waals surface area contributed by atoms with Crippen LogP contribution in [0.15, 0.2) is 54.6 Å². The molecule has 4 nitrogen and oxygen atoms in total. The maximum atomic E-state index is 4.47. The van der Waals surface area contributed by atoms with Crippen LogP contribution in [0, 0.1) is 6.92 Å². The molecular weight excluding hydrogens is 260 g/mol. The molecule has 21 heavy (non-hydrogen) atoms. The van der Waals surface area contributed by atoms with Gasteiger partial charge in [-0.3, -0.25) is 5.10 Å². The van der Waals surface area contributed by atoms with Crippen molar-refractivity contribution in [2.75, 3.05) is 0 Å². The predicted molar refractivity (Wildman–Crippen MR) is 82.6 cm³/mol. The molecule has 0 saturated carbocycles. The Bertz CT molecular complexity index is 870. The Kier molecular flexibility index (Phi) is 2.60. The van der Waals surface area contributed by atoms with Gasteiger partial charge in [0.1, 0.15) is 11.3 Å². The van der Waals surface area contributed by atoms with E-state index in [2.05, 4.69) is 44.4 Å². The largest absolute Gasteiger partial charge is 0.289 e. The first-order chi connectivity index (χ1) is 10.3. The van der Waals surface area contributed by atoms with Gasteiger partial charge >= 0.3 is 0 Å². The van der Waals surface area contributed by atoms with E-state index >= 15 is 0 Å². The Hall–Kier alpha value is -2.88. The van der Waals surface area contributed by atoms with Crippen molar-refractivity contribution in [1.82, 2.24) is 15.2 Å². The van der Waals surface area contributed by atoms with Gasteiger partial charge in [0.05, 0.1) is 0 Å². The molecule has 3 N–H and O–H groups in total. The summed E-state index contributed by atoms with van der Waals surface area (Å²) in [5, 5.41) is 7.56. The smallest absolute Gasteiger partial charge is 0.281 e. The molecule has 0 atom stereocenters. The van der Waals surface area contributed by atoms with Crippen molar-refractivity contribution < 1.29 is 4.98 Å². The summed E-state index contributed by atoms with van der Waals surface area (Å²) >= 11 is 0. The third-order valence-corrected chi connectivity index (χ3v) is 3.69. The average molecular weight is 275 g/mol. The monoisotopic (exact) mass is 275 g/mol. The summed E-state index contributed by atoms with van der Waals surface area (Å²) < 4.78 is 0. The lowest BCUT2D eigenvalue weighted by atomic mass is 10.1. The van der Waals surface area contributed by atoms with Gasteiger partial charge in [0.25, 0.3) is 5.82 Å². The Balaban J connectivity index is 1.94. The van der Waals surface area contributed by atoms with Crippen molar-refractivity contribution in [3.63, 3.8) is 0 Å². The lowest BCUT2D eigenvalue weighted by Crippen LogP contribution is -2.03. The average Bonchev–Trinajstić information content (AvgIpc) is 3.11. The molecule has 0 fully saturated rings. The third-order valence-electron chi connectivity index (χ3n) is 3.69. The molecule has 2 aromatic carbocycles. The van der Waals surface area contributed by atoms with Crippen LogP contribution < -0.4 is 4.98 Å². The van der Waals surface area contributed by atoms with Crippen LogP contribution in [0.2, 0.25) is 0 Å². The second-order valence-electron chi connectivity index (χ2n) is 5.11. The van der Waals surface area contributed by atoms with Crippen LogP contribution in [0.3, 0.4) is 0 Å². The Morgan fingerprint density at radius 1 is 0.952 bits per heavy atom. The number of imidazole rings is 1. The van der Waals surface area contributed by atoms with Crippen LogP contribution in [-0.4, -0.2) is 15.2 Å². The highest BCUT2D eigenvalue weighted by atomic mass is 15.1. The van der Waals surface area contributed by atoms with Crippen molar-refractivity contribution in [3.8, 4) is 22.6 Å². The SMILES string of the molecule is Cc1[nH]nc(-c2ccccc2)c1-c1[nH]c2ccccc2[nH+]1. The molecule has 0 aliphatic heterocycles. The number of hydrogen-bond donors (Lipinski definition) is 2. The zero-order valence-electron chi connectivity index (χ0n) is 11.6. The zero-order chi connectivity index (χ0) is 14.2. The molecule has 4 rings (SSSR count). The first-order valence-corrected chi connectivity index (χ1v) is 6.94. The number of nitrogens with one attached hydrogen (secondary N) is 3. The van der Waals surface area contributed by atoms with Gasteiger partial charge in [0.2, 0.25) is 0 Å². The van der Waals surface area contributed by atoms with E-state index in [1.165, 1.54) is 0 Å². The van der Waals surface area contributed by atoms with Crippen LogP contribution in [0.1, 0.15) is 5.69 Å². The quantitative estimate of drug-likeness (QED) is 0.579. The summed E-state index contributed by atoms with van der Waals surface area (Å²) in [6, 6.07) is 18.4. The molecule has 0 aliphatic carbocycles. The van der Waals surface area contributed by atoms with Gasteiger partial charge in [-0.25, -0.2) is 9.97 Å². The van der Waals surface area contributed by atoms with Gasteiger partial charge < -0.3 is 0 Å². The van der Waals surface area contributed by atoms with Gasteiger partial charge in [0, 0.05) is 11.3 Å². The van der Waals surface area contributed by atoms with Crippen molar-refractivity contribution in [3.05, 3.63) is 60.3 Å². The van der Waals surface area contributed by atoms with Crippen LogP contribution in [-0.2, 0) is 0 Å². The molecular formula is C17H15N4+. The minimum atomic E-state index is 0.955. The lowest BCUT2D eigenvalue weighted by molar-refractivity contribution is -0.330. The molecule has 4 heteroatoms. The van der Waals surface area contributed by atoms with E-state index in [4.69, 9.17) is 0 Å². The highest BCUT2D eigenvalue weighted by Gasteiger charge is 2.21. The first-order valence-electron chi connectivity index (χ1n) is 6.94. The van der Waals surface area contributed by atoms with Crippen molar-refractivity contribution >= 4 is 11.0 Å². The molecule has 0 saturated heterocycles. The van der Waals surface area contributed by atoms with E-state index in [1.54, 1.807) is 0 Å². The number of benzene rings is 2. The number of hydrogen-bond acceptors (Lipinski definition) is 1. The molecule has 0 spiro atoms. The molecule has 2 heterocycles. The normalized spacial score (nSPS) is 11.1. The Morgan fingerprint density at radius 2 is 1.71 bits per heavy atom. The lowest BCUT2D eigenvalue weighted by Gasteiger charge is -1.98. The van der Waals surface area contributed by atoms with E-state index in [9.17, 15) is 0 Å². The number of rotatable bonds is 2. The Labute approximate surface area is 121 Å². The second-order valence-corrected chi connectivity index (χ2v) is 5.11. The van der Waals surface area contributed by atoms with Crippen LogP contribution in [0.5, 0.6) is 0 Å². The summed E-state index contributed by atoms with van der Waals surface area (Å²) in [6.45, 7) is 2.04. The standard InChI is InChI=1S/C17H14N4/c1-11-15(16(21-20-11)12-7-3-2-4-8-12)17-18-13-9-5-6-10-14(13)19-17/h2-10H,1H3,(H,18,19)(H,20,21)/p+1. The number of aryl methyl sites for hydroxylation is 1. The van der Waals surface area contributed by atoms with E-state index in [1.807, 2.05) is 37.3 Å². The topological polar surface area (TPSA) is 58.6 Å². The molecule has 0 aliphatic rings. The van der Waals surface area contributed by atoms with Gasteiger partial charge in [-0.1, -0.05) is 42.5 Å². The molecule has 2 aromatic heterocycles. The summed E-state index contributed by atoms with van der Waals surface area (Å²) in [5.41, 5.74) is 6.35. The Morgan fingerprint density at radius 3 is 2.52 bits per heavy atom. The highest BCUT2D eigenvalue weighted by molar-refractivity contribution is 5.81. The minimum absolute atomic E-state index is 0.955. The summed E-state index contributed by atoms with van der Waals surface area (Å²) in [4.78, 5) is 6.87. The van der Waals surface area contributed by atoms with Gasteiger partial charge in [-0.15, -0.1) is 0 Å². The molecule has 102 valence electrons. The maximum Gasteiger partial charge on any atom is 0.289 e. The van der Waals surface area contributed by atoms with Crippen molar-refractivity contribution in [2.45, 2.75) is 6.92 Å². The fourth-order valence-electron chi connectivity index (χ4n) is 2.67. The second kappa shape index (κ2) is 4.59. The molecule has 0 amide bonds. The molecule has 4 aromatic rings. The van der Waals surface area contributed by atoms with Gasteiger partial charge in [-0.2, -0.15) is 5.10 Å². The fraction of sp³-hybridized carbons (Fsp3) is 0.0588.